The third kappa shape index (κ3) is 3.79. The van der Waals surface area contributed by atoms with E-state index in [4.69, 9.17) is 4.74 Å². The van der Waals surface area contributed by atoms with E-state index < -0.39 is 0 Å². The van der Waals surface area contributed by atoms with E-state index in [1.165, 1.54) is 5.56 Å². The molecule has 1 amide bonds. The summed E-state index contributed by atoms with van der Waals surface area (Å²) in [5.41, 5.74) is 2.20. The number of aromatic nitrogens is 2. The standard InChI is InChI=1S/C18H23N3O2/c1-13(10-14-6-4-3-5-7-14)18(22)20-16-8-9-23-17(16)15-11-19-21(2)12-15/h3-7,11-13,16-17H,8-10H2,1-2H3,(H,20,22)/t13?,16-,17+/m0/s1. The number of hydrogen-bond acceptors (Lipinski definition) is 3. The third-order valence-corrected chi connectivity index (χ3v) is 4.31. The van der Waals surface area contributed by atoms with Crippen LogP contribution in [0.3, 0.4) is 0 Å². The Morgan fingerprint density at radius 3 is 2.91 bits per heavy atom. The van der Waals surface area contributed by atoms with Crippen molar-refractivity contribution >= 4 is 5.91 Å². The molecule has 122 valence electrons. The van der Waals surface area contributed by atoms with Crippen molar-refractivity contribution in [3.63, 3.8) is 0 Å². The summed E-state index contributed by atoms with van der Waals surface area (Å²) in [6, 6.07) is 10.1. The molecule has 1 unspecified atom stereocenters. The number of benzene rings is 1. The van der Waals surface area contributed by atoms with Crippen molar-refractivity contribution in [3.8, 4) is 0 Å². The summed E-state index contributed by atoms with van der Waals surface area (Å²) >= 11 is 0. The highest BCUT2D eigenvalue weighted by Gasteiger charge is 2.32. The van der Waals surface area contributed by atoms with Gasteiger partial charge in [-0.2, -0.15) is 5.10 Å². The molecule has 1 aliphatic rings. The van der Waals surface area contributed by atoms with E-state index in [2.05, 4.69) is 22.5 Å². The Hall–Kier alpha value is -2.14. The summed E-state index contributed by atoms with van der Waals surface area (Å²) < 4.78 is 7.55. The minimum absolute atomic E-state index is 0.0184. The smallest absolute Gasteiger partial charge is 0.223 e. The molecular weight excluding hydrogens is 290 g/mol. The molecule has 3 rings (SSSR count). The molecule has 3 atom stereocenters. The van der Waals surface area contributed by atoms with Crippen molar-refractivity contribution in [3.05, 3.63) is 53.9 Å². The number of hydrogen-bond donors (Lipinski definition) is 1. The molecule has 0 radical (unpaired) electrons. The van der Waals surface area contributed by atoms with E-state index in [-0.39, 0.29) is 24.0 Å². The summed E-state index contributed by atoms with van der Waals surface area (Å²) in [5.74, 6) is 0.0193. The maximum atomic E-state index is 12.5. The molecule has 23 heavy (non-hydrogen) atoms. The first-order chi connectivity index (χ1) is 11.1. The molecule has 5 heteroatoms. The molecule has 1 N–H and O–H groups in total. The first-order valence-electron chi connectivity index (χ1n) is 8.08. The maximum absolute atomic E-state index is 12.5. The average molecular weight is 313 g/mol. The molecule has 0 spiro atoms. The van der Waals surface area contributed by atoms with Gasteiger partial charge < -0.3 is 10.1 Å². The maximum Gasteiger partial charge on any atom is 0.223 e. The largest absolute Gasteiger partial charge is 0.371 e. The Kier molecular flexibility index (Phi) is 4.76. The monoisotopic (exact) mass is 313 g/mol. The summed E-state index contributed by atoms with van der Waals surface area (Å²) in [6.07, 6.45) is 5.24. The number of nitrogens with one attached hydrogen (secondary N) is 1. The van der Waals surface area contributed by atoms with Gasteiger partial charge in [0.05, 0.1) is 12.2 Å². The molecule has 2 heterocycles. The fourth-order valence-corrected chi connectivity index (χ4v) is 3.04. The van der Waals surface area contributed by atoms with Gasteiger partial charge in [0.2, 0.25) is 5.91 Å². The van der Waals surface area contributed by atoms with Crippen molar-refractivity contribution in [1.29, 1.82) is 0 Å². The lowest BCUT2D eigenvalue weighted by Crippen LogP contribution is -2.40. The van der Waals surface area contributed by atoms with Crippen molar-refractivity contribution in [2.24, 2.45) is 13.0 Å². The van der Waals surface area contributed by atoms with Gasteiger partial charge in [-0.15, -0.1) is 0 Å². The molecule has 0 bridgehead atoms. The Morgan fingerprint density at radius 2 is 2.22 bits per heavy atom. The zero-order valence-electron chi connectivity index (χ0n) is 13.6. The molecule has 1 aliphatic heterocycles. The molecule has 1 fully saturated rings. The first-order valence-corrected chi connectivity index (χ1v) is 8.08. The normalized spacial score (nSPS) is 22.0. The molecule has 2 aromatic rings. The molecule has 5 nitrogen and oxygen atoms in total. The van der Waals surface area contributed by atoms with Crippen molar-refractivity contribution in [1.82, 2.24) is 15.1 Å². The van der Waals surface area contributed by atoms with Crippen LogP contribution >= 0.6 is 0 Å². The molecule has 1 saturated heterocycles. The van der Waals surface area contributed by atoms with Crippen LogP contribution in [0.1, 0.15) is 30.6 Å². The van der Waals surface area contributed by atoms with Crippen molar-refractivity contribution in [2.45, 2.75) is 31.9 Å². The van der Waals surface area contributed by atoms with E-state index in [1.807, 2.05) is 44.6 Å². The molecular formula is C18H23N3O2. The highest BCUT2D eigenvalue weighted by atomic mass is 16.5. The number of carbonyl (C=O) groups excluding carboxylic acids is 1. The van der Waals surface area contributed by atoms with Crippen molar-refractivity contribution < 1.29 is 9.53 Å². The third-order valence-electron chi connectivity index (χ3n) is 4.31. The van der Waals surface area contributed by atoms with Crippen LogP contribution in [0, 0.1) is 5.92 Å². The lowest BCUT2D eigenvalue weighted by Gasteiger charge is -2.21. The number of nitrogens with zero attached hydrogens (tertiary/aromatic N) is 2. The van der Waals surface area contributed by atoms with Crippen molar-refractivity contribution in [2.75, 3.05) is 6.61 Å². The molecule has 0 saturated carbocycles. The van der Waals surface area contributed by atoms with E-state index in [9.17, 15) is 4.79 Å². The highest BCUT2D eigenvalue weighted by Crippen LogP contribution is 2.29. The first kappa shape index (κ1) is 15.7. The summed E-state index contributed by atoms with van der Waals surface area (Å²) in [4.78, 5) is 12.5. The minimum Gasteiger partial charge on any atom is -0.371 e. The average Bonchev–Trinajstić information content (AvgIpc) is 3.17. The molecule has 1 aromatic heterocycles. The molecule has 1 aromatic carbocycles. The van der Waals surface area contributed by atoms with E-state index in [0.29, 0.717) is 6.61 Å². The number of aryl methyl sites for hydroxylation is 1. The van der Waals surface area contributed by atoms with Gasteiger partial charge >= 0.3 is 0 Å². The Labute approximate surface area is 136 Å². The van der Waals surface area contributed by atoms with E-state index >= 15 is 0 Å². The fourth-order valence-electron chi connectivity index (χ4n) is 3.04. The number of rotatable bonds is 5. The van der Waals surface area contributed by atoms with Gasteiger partial charge in [-0.25, -0.2) is 0 Å². The zero-order chi connectivity index (χ0) is 16.2. The Bertz CT molecular complexity index is 653. The molecule has 0 aliphatic carbocycles. The predicted octanol–water partition coefficient (Wildman–Crippen LogP) is 2.25. The summed E-state index contributed by atoms with van der Waals surface area (Å²) in [5, 5.41) is 7.35. The van der Waals surface area contributed by atoms with Crippen LogP contribution in [0.15, 0.2) is 42.7 Å². The number of carbonyl (C=O) groups is 1. The Morgan fingerprint density at radius 1 is 1.43 bits per heavy atom. The summed E-state index contributed by atoms with van der Waals surface area (Å²) in [6.45, 7) is 2.63. The SMILES string of the molecule is CC(Cc1ccccc1)C(=O)N[C@H]1CCO[C@@H]1c1cnn(C)c1. The second-order valence-corrected chi connectivity index (χ2v) is 6.23. The van der Waals surface area contributed by atoms with Crippen LogP contribution in [-0.4, -0.2) is 28.3 Å². The predicted molar refractivity (Wildman–Crippen MR) is 87.8 cm³/mol. The lowest BCUT2D eigenvalue weighted by atomic mass is 9.99. The van der Waals surface area contributed by atoms with E-state index in [1.54, 1.807) is 4.68 Å². The van der Waals surface area contributed by atoms with Crippen LogP contribution in [0.5, 0.6) is 0 Å². The quantitative estimate of drug-likeness (QED) is 0.921. The second kappa shape index (κ2) is 6.96. The van der Waals surface area contributed by atoms with Gasteiger partial charge in [0.15, 0.2) is 0 Å². The number of amides is 1. The van der Waals surface area contributed by atoms with Crippen LogP contribution in [0.2, 0.25) is 0 Å². The van der Waals surface area contributed by atoms with Gasteiger partial charge in [0.1, 0.15) is 6.10 Å². The van der Waals surface area contributed by atoms with Gasteiger partial charge in [0, 0.05) is 31.3 Å². The topological polar surface area (TPSA) is 56.1 Å². The fraction of sp³-hybridized carbons (Fsp3) is 0.444. The lowest BCUT2D eigenvalue weighted by molar-refractivity contribution is -0.125. The van der Waals surface area contributed by atoms with Gasteiger partial charge in [0.25, 0.3) is 0 Å². The van der Waals surface area contributed by atoms with Crippen LogP contribution < -0.4 is 5.32 Å². The van der Waals surface area contributed by atoms with Gasteiger partial charge in [-0.05, 0) is 18.4 Å². The highest BCUT2D eigenvalue weighted by molar-refractivity contribution is 5.79. The second-order valence-electron chi connectivity index (χ2n) is 6.23. The van der Waals surface area contributed by atoms with Crippen LogP contribution in [-0.2, 0) is 23.0 Å². The van der Waals surface area contributed by atoms with E-state index in [0.717, 1.165) is 18.4 Å². The summed E-state index contributed by atoms with van der Waals surface area (Å²) in [7, 11) is 1.88. The van der Waals surface area contributed by atoms with Crippen LogP contribution in [0.25, 0.3) is 0 Å². The zero-order valence-corrected chi connectivity index (χ0v) is 13.6. The Balaban J connectivity index is 1.60. The van der Waals surface area contributed by atoms with Crippen LogP contribution in [0.4, 0.5) is 0 Å². The minimum atomic E-state index is -0.100. The van der Waals surface area contributed by atoms with Gasteiger partial charge in [-0.3, -0.25) is 9.48 Å². The van der Waals surface area contributed by atoms with Gasteiger partial charge in [-0.1, -0.05) is 37.3 Å². The number of ether oxygens (including phenoxy) is 1.